The summed E-state index contributed by atoms with van der Waals surface area (Å²) in [7, 11) is 2.02. The summed E-state index contributed by atoms with van der Waals surface area (Å²) in [5.41, 5.74) is 0. The van der Waals surface area contributed by atoms with Crippen molar-refractivity contribution in [1.82, 2.24) is 14.7 Å². The summed E-state index contributed by atoms with van der Waals surface area (Å²) in [5, 5.41) is 0. The summed E-state index contributed by atoms with van der Waals surface area (Å²) in [6.45, 7) is 4.26. The van der Waals surface area contributed by atoms with Crippen molar-refractivity contribution < 1.29 is 13.6 Å². The Morgan fingerprint density at radius 1 is 1.18 bits per heavy atom. The molecule has 1 atom stereocenters. The van der Waals surface area contributed by atoms with Crippen LogP contribution in [0.4, 0.5) is 8.78 Å². The highest BCUT2D eigenvalue weighted by atomic mass is 19.3. The molecule has 6 heteroatoms. The van der Waals surface area contributed by atoms with E-state index in [4.69, 9.17) is 0 Å². The highest BCUT2D eigenvalue weighted by Crippen LogP contribution is 2.28. The molecule has 2 fully saturated rings. The standard InChI is InChI=1S/C11H19F2N3O/c1-9(16-7-11(12,13)8-16)10(17)15-5-3-14(2)4-6-15/h9H,3-8H2,1-2H3/t9-/m0/s1. The van der Waals surface area contributed by atoms with Crippen LogP contribution in [0.25, 0.3) is 0 Å². The molecule has 2 heterocycles. The maximum atomic E-state index is 12.7. The third-order valence-electron chi connectivity index (χ3n) is 3.59. The maximum absolute atomic E-state index is 12.7. The number of piperazine rings is 1. The number of amides is 1. The monoisotopic (exact) mass is 247 g/mol. The van der Waals surface area contributed by atoms with Crippen LogP contribution >= 0.6 is 0 Å². The molecule has 0 unspecified atom stereocenters. The molecule has 2 aliphatic rings. The van der Waals surface area contributed by atoms with Crippen molar-refractivity contribution >= 4 is 5.91 Å². The van der Waals surface area contributed by atoms with Crippen LogP contribution in [-0.2, 0) is 4.79 Å². The SMILES string of the molecule is C[C@@H](C(=O)N1CCN(C)CC1)N1CC(F)(F)C1. The number of nitrogens with zero attached hydrogens (tertiary/aromatic N) is 3. The fourth-order valence-corrected chi connectivity index (χ4v) is 2.27. The van der Waals surface area contributed by atoms with Crippen LogP contribution in [0.1, 0.15) is 6.92 Å². The van der Waals surface area contributed by atoms with E-state index in [0.29, 0.717) is 13.1 Å². The van der Waals surface area contributed by atoms with E-state index in [9.17, 15) is 13.6 Å². The molecule has 17 heavy (non-hydrogen) atoms. The predicted molar refractivity (Wildman–Crippen MR) is 60.1 cm³/mol. The van der Waals surface area contributed by atoms with Crippen LogP contribution in [0.2, 0.25) is 0 Å². The summed E-state index contributed by atoms with van der Waals surface area (Å²) in [6, 6.07) is -0.418. The topological polar surface area (TPSA) is 26.8 Å². The first-order valence-corrected chi connectivity index (χ1v) is 5.98. The Morgan fingerprint density at radius 2 is 1.71 bits per heavy atom. The number of carbonyl (C=O) groups is 1. The molecule has 2 saturated heterocycles. The number of hydrogen-bond acceptors (Lipinski definition) is 3. The zero-order chi connectivity index (χ0) is 12.6. The average molecular weight is 247 g/mol. The van der Waals surface area contributed by atoms with Gasteiger partial charge >= 0.3 is 0 Å². The van der Waals surface area contributed by atoms with Gasteiger partial charge in [-0.1, -0.05) is 0 Å². The van der Waals surface area contributed by atoms with Crippen molar-refractivity contribution in [2.45, 2.75) is 18.9 Å². The Bertz CT molecular complexity index is 295. The second-order valence-electron chi connectivity index (χ2n) is 5.07. The second-order valence-corrected chi connectivity index (χ2v) is 5.07. The molecule has 2 rings (SSSR count). The first-order valence-electron chi connectivity index (χ1n) is 5.98. The van der Waals surface area contributed by atoms with Gasteiger partial charge in [-0.25, -0.2) is 8.78 Å². The summed E-state index contributed by atoms with van der Waals surface area (Å²) in [6.07, 6.45) is 0. The summed E-state index contributed by atoms with van der Waals surface area (Å²) >= 11 is 0. The van der Waals surface area contributed by atoms with Gasteiger partial charge in [-0.05, 0) is 14.0 Å². The Morgan fingerprint density at radius 3 is 2.18 bits per heavy atom. The number of alkyl halides is 2. The van der Waals surface area contributed by atoms with E-state index in [1.807, 2.05) is 7.05 Å². The largest absolute Gasteiger partial charge is 0.339 e. The van der Waals surface area contributed by atoms with E-state index in [2.05, 4.69) is 4.90 Å². The van der Waals surface area contributed by atoms with Gasteiger partial charge in [-0.3, -0.25) is 9.69 Å². The van der Waals surface area contributed by atoms with Crippen molar-refractivity contribution in [3.05, 3.63) is 0 Å². The van der Waals surface area contributed by atoms with E-state index in [-0.39, 0.29) is 19.0 Å². The molecule has 0 aromatic rings. The zero-order valence-electron chi connectivity index (χ0n) is 10.3. The van der Waals surface area contributed by atoms with Gasteiger partial charge in [0.15, 0.2) is 0 Å². The summed E-state index contributed by atoms with van der Waals surface area (Å²) in [5.74, 6) is -2.62. The molecule has 0 bridgehead atoms. The van der Waals surface area contributed by atoms with E-state index in [1.54, 1.807) is 16.7 Å². The number of rotatable bonds is 2. The summed E-state index contributed by atoms with van der Waals surface area (Å²) in [4.78, 5) is 17.6. The van der Waals surface area contributed by atoms with Gasteiger partial charge in [0.1, 0.15) is 0 Å². The van der Waals surface area contributed by atoms with Crippen LogP contribution in [0.15, 0.2) is 0 Å². The van der Waals surface area contributed by atoms with Crippen molar-refractivity contribution in [2.24, 2.45) is 0 Å². The van der Waals surface area contributed by atoms with Gasteiger partial charge in [0, 0.05) is 26.2 Å². The van der Waals surface area contributed by atoms with E-state index in [1.165, 1.54) is 0 Å². The molecule has 98 valence electrons. The van der Waals surface area contributed by atoms with Crippen molar-refractivity contribution in [2.75, 3.05) is 46.3 Å². The van der Waals surface area contributed by atoms with Gasteiger partial charge < -0.3 is 9.80 Å². The van der Waals surface area contributed by atoms with Crippen LogP contribution in [-0.4, -0.2) is 78.9 Å². The molecular formula is C11H19F2N3O. The van der Waals surface area contributed by atoms with Crippen molar-refractivity contribution in [1.29, 1.82) is 0 Å². The molecule has 0 aromatic heterocycles. The Labute approximate surface area is 100 Å². The number of likely N-dealkylation sites (tertiary alicyclic amines) is 1. The smallest absolute Gasteiger partial charge is 0.272 e. The number of likely N-dealkylation sites (N-methyl/N-ethyl adjacent to an activating group) is 1. The van der Waals surface area contributed by atoms with Crippen LogP contribution in [0, 0.1) is 0 Å². The third kappa shape index (κ3) is 2.74. The maximum Gasteiger partial charge on any atom is 0.272 e. The quantitative estimate of drug-likeness (QED) is 0.692. The van der Waals surface area contributed by atoms with Gasteiger partial charge in [-0.15, -0.1) is 0 Å². The van der Waals surface area contributed by atoms with E-state index < -0.39 is 12.0 Å². The predicted octanol–water partition coefficient (Wildman–Crippen LogP) is 0.0998. The van der Waals surface area contributed by atoms with E-state index >= 15 is 0 Å². The number of carbonyl (C=O) groups excluding carboxylic acids is 1. The van der Waals surface area contributed by atoms with Crippen LogP contribution < -0.4 is 0 Å². The normalized spacial score (nSPS) is 27.6. The first-order chi connectivity index (χ1) is 7.89. The Kier molecular flexibility index (Phi) is 3.36. The lowest BCUT2D eigenvalue weighted by molar-refractivity contribution is -0.163. The van der Waals surface area contributed by atoms with Gasteiger partial charge in [-0.2, -0.15) is 0 Å². The second kappa shape index (κ2) is 4.49. The molecule has 0 aliphatic carbocycles. The van der Waals surface area contributed by atoms with Gasteiger partial charge in [0.25, 0.3) is 5.92 Å². The Hall–Kier alpha value is -0.750. The molecule has 0 radical (unpaired) electrons. The van der Waals surface area contributed by atoms with Crippen molar-refractivity contribution in [3.8, 4) is 0 Å². The molecule has 0 spiro atoms. The van der Waals surface area contributed by atoms with Crippen LogP contribution in [0.5, 0.6) is 0 Å². The third-order valence-corrected chi connectivity index (χ3v) is 3.59. The van der Waals surface area contributed by atoms with Gasteiger partial charge in [0.05, 0.1) is 19.1 Å². The fraction of sp³-hybridized carbons (Fsp3) is 0.909. The average Bonchev–Trinajstić information content (AvgIpc) is 2.25. The highest BCUT2D eigenvalue weighted by Gasteiger charge is 2.47. The lowest BCUT2D eigenvalue weighted by atomic mass is 10.1. The van der Waals surface area contributed by atoms with E-state index in [0.717, 1.165) is 13.1 Å². The lowest BCUT2D eigenvalue weighted by Crippen LogP contribution is -2.63. The Balaban J connectivity index is 1.84. The first kappa shape index (κ1) is 12.7. The summed E-state index contributed by atoms with van der Waals surface area (Å²) < 4.78 is 25.5. The minimum absolute atomic E-state index is 0.0198. The molecule has 0 saturated carbocycles. The minimum atomic E-state index is -2.60. The van der Waals surface area contributed by atoms with Crippen molar-refractivity contribution in [3.63, 3.8) is 0 Å². The lowest BCUT2D eigenvalue weighted by Gasteiger charge is -2.44. The molecular weight excluding hydrogens is 228 g/mol. The highest BCUT2D eigenvalue weighted by molar-refractivity contribution is 5.81. The molecule has 0 N–H and O–H groups in total. The molecule has 1 amide bonds. The number of hydrogen-bond donors (Lipinski definition) is 0. The molecule has 0 aromatic carbocycles. The molecule has 2 aliphatic heterocycles. The minimum Gasteiger partial charge on any atom is -0.339 e. The zero-order valence-corrected chi connectivity index (χ0v) is 10.3. The van der Waals surface area contributed by atoms with Gasteiger partial charge in [0.2, 0.25) is 5.91 Å². The fourth-order valence-electron chi connectivity index (χ4n) is 2.27. The van der Waals surface area contributed by atoms with Crippen LogP contribution in [0.3, 0.4) is 0 Å². The number of halogens is 2. The molecule has 4 nitrogen and oxygen atoms in total.